The summed E-state index contributed by atoms with van der Waals surface area (Å²) in [5.41, 5.74) is 6.08. The number of nitrogens with two attached hydrogens (primary N) is 1. The van der Waals surface area contributed by atoms with E-state index in [0.29, 0.717) is 16.4 Å². The molecule has 0 saturated carbocycles. The lowest BCUT2D eigenvalue weighted by molar-refractivity contribution is -0.141. The summed E-state index contributed by atoms with van der Waals surface area (Å²) in [7, 11) is 1.26. The zero-order valence-corrected chi connectivity index (χ0v) is 19.5. The van der Waals surface area contributed by atoms with Gasteiger partial charge in [0.25, 0.3) is 5.56 Å². The van der Waals surface area contributed by atoms with Crippen LogP contribution in [0.3, 0.4) is 0 Å². The van der Waals surface area contributed by atoms with E-state index < -0.39 is 35.2 Å². The normalized spacial score (nSPS) is 10.8. The van der Waals surface area contributed by atoms with E-state index in [4.69, 9.17) is 10.5 Å². The molecule has 2 N–H and O–H groups in total. The van der Waals surface area contributed by atoms with Gasteiger partial charge in [-0.05, 0) is 17.7 Å². The second-order valence-corrected chi connectivity index (χ2v) is 8.46. The van der Waals surface area contributed by atoms with E-state index >= 15 is 0 Å². The van der Waals surface area contributed by atoms with E-state index in [-0.39, 0.29) is 18.8 Å². The molecule has 4 rings (SSSR count). The van der Waals surface area contributed by atoms with Gasteiger partial charge in [-0.25, -0.2) is 9.78 Å². The van der Waals surface area contributed by atoms with Gasteiger partial charge in [0.05, 0.1) is 24.4 Å². The van der Waals surface area contributed by atoms with Gasteiger partial charge in [0, 0.05) is 18.6 Å². The number of carbonyl (C=O) groups excluding carboxylic acids is 2. The molecule has 0 radical (unpaired) electrons. The number of Topliss-reactive ketones (excluding diaryl/α,β-unsaturated/α-hetero) is 1. The van der Waals surface area contributed by atoms with E-state index in [0.717, 1.165) is 14.7 Å². The van der Waals surface area contributed by atoms with Gasteiger partial charge in [-0.15, -0.1) is 11.3 Å². The molecule has 10 nitrogen and oxygen atoms in total. The van der Waals surface area contributed by atoms with Gasteiger partial charge in [0.15, 0.2) is 6.61 Å². The van der Waals surface area contributed by atoms with Crippen molar-refractivity contribution in [1.82, 2.24) is 19.1 Å². The van der Waals surface area contributed by atoms with Crippen LogP contribution in [0.5, 0.6) is 0 Å². The summed E-state index contributed by atoms with van der Waals surface area (Å²) in [4.78, 5) is 58.9. The summed E-state index contributed by atoms with van der Waals surface area (Å²) in [6.07, 6.45) is 1.49. The minimum absolute atomic E-state index is 0.0716. The van der Waals surface area contributed by atoms with Gasteiger partial charge in [-0.3, -0.25) is 28.5 Å². The number of nitrogens with zero attached hydrogens (tertiary/aromatic N) is 4. The number of benzene rings is 1. The average Bonchev–Trinajstić information content (AvgIpc) is 3.34. The van der Waals surface area contributed by atoms with E-state index in [2.05, 4.69) is 9.97 Å². The van der Waals surface area contributed by atoms with Crippen molar-refractivity contribution in [3.05, 3.63) is 97.8 Å². The molecule has 0 saturated heterocycles. The molecule has 3 heterocycles. The highest BCUT2D eigenvalue weighted by atomic mass is 32.1. The number of nitrogen functional groups attached to an aromatic ring is 1. The summed E-state index contributed by atoms with van der Waals surface area (Å²) in [5.74, 6) is -1.77. The molecule has 178 valence electrons. The largest absolute Gasteiger partial charge is 0.457 e. The van der Waals surface area contributed by atoms with Crippen LogP contribution in [0.1, 0.15) is 21.6 Å². The van der Waals surface area contributed by atoms with Gasteiger partial charge >= 0.3 is 11.7 Å². The number of anilines is 1. The van der Waals surface area contributed by atoms with Gasteiger partial charge < -0.3 is 10.5 Å². The number of rotatable bonds is 8. The maximum Gasteiger partial charge on any atom is 0.332 e. The standard InChI is InChI=1S/C24H21N5O5S/c1-28-23(32)20(21(25)29(24(28)33)12-15-7-3-2-4-8-15)18(30)13-34-19(31)11-16-14-35-22(27-16)17-9-5-6-10-26-17/h2-10,14H,11-13,25H2,1H3. The Bertz CT molecular complexity index is 1490. The monoisotopic (exact) mass is 491 g/mol. The van der Waals surface area contributed by atoms with Gasteiger partial charge in [-0.1, -0.05) is 36.4 Å². The van der Waals surface area contributed by atoms with Crippen molar-refractivity contribution in [1.29, 1.82) is 0 Å². The molecule has 0 amide bonds. The van der Waals surface area contributed by atoms with Crippen molar-refractivity contribution >= 4 is 28.9 Å². The Balaban J connectivity index is 1.47. The van der Waals surface area contributed by atoms with Gasteiger partial charge in [-0.2, -0.15) is 0 Å². The van der Waals surface area contributed by atoms with E-state index in [1.807, 2.05) is 18.2 Å². The molecule has 0 spiro atoms. The maximum atomic E-state index is 12.8. The Morgan fingerprint density at radius 2 is 1.83 bits per heavy atom. The van der Waals surface area contributed by atoms with Crippen molar-refractivity contribution in [3.63, 3.8) is 0 Å². The SMILES string of the molecule is Cn1c(=O)c(C(=O)COC(=O)Cc2csc(-c3ccccn3)n2)c(N)n(Cc2ccccc2)c1=O. The van der Waals surface area contributed by atoms with Crippen LogP contribution < -0.4 is 17.0 Å². The molecule has 4 aromatic rings. The quantitative estimate of drug-likeness (QED) is 0.290. The Kier molecular flexibility index (Phi) is 6.97. The number of hydrogen-bond acceptors (Lipinski definition) is 9. The molecule has 0 aliphatic rings. The van der Waals surface area contributed by atoms with Crippen molar-refractivity contribution in [2.24, 2.45) is 7.05 Å². The fourth-order valence-corrected chi connectivity index (χ4v) is 4.17. The third kappa shape index (κ3) is 5.25. The highest BCUT2D eigenvalue weighted by Gasteiger charge is 2.23. The van der Waals surface area contributed by atoms with Crippen LogP contribution in [0.2, 0.25) is 0 Å². The number of pyridine rings is 1. The van der Waals surface area contributed by atoms with Crippen LogP contribution in [0.15, 0.2) is 69.7 Å². The van der Waals surface area contributed by atoms with E-state index in [1.54, 1.807) is 41.9 Å². The summed E-state index contributed by atoms with van der Waals surface area (Å²) in [6.45, 7) is -0.624. The first kappa shape index (κ1) is 23.8. The Hall–Kier alpha value is -4.38. The lowest BCUT2D eigenvalue weighted by atomic mass is 10.2. The minimum atomic E-state index is -0.850. The first-order valence-electron chi connectivity index (χ1n) is 10.5. The highest BCUT2D eigenvalue weighted by Crippen LogP contribution is 2.21. The second-order valence-electron chi connectivity index (χ2n) is 7.60. The smallest absolute Gasteiger partial charge is 0.332 e. The third-order valence-electron chi connectivity index (χ3n) is 5.17. The van der Waals surface area contributed by atoms with Crippen LogP contribution in [0.4, 0.5) is 5.82 Å². The molecule has 35 heavy (non-hydrogen) atoms. The first-order chi connectivity index (χ1) is 16.8. The molecular weight excluding hydrogens is 470 g/mol. The number of aromatic nitrogens is 4. The second kappa shape index (κ2) is 10.3. The third-order valence-corrected chi connectivity index (χ3v) is 6.08. The Morgan fingerprint density at radius 1 is 1.09 bits per heavy atom. The average molecular weight is 492 g/mol. The molecule has 0 fully saturated rings. The van der Waals surface area contributed by atoms with Gasteiger partial charge in [0.2, 0.25) is 5.78 Å². The predicted molar refractivity (Wildman–Crippen MR) is 130 cm³/mol. The number of ketones is 1. The molecular formula is C24H21N5O5S. The molecule has 0 aliphatic heterocycles. The fraction of sp³-hybridized carbons (Fsp3) is 0.167. The minimum Gasteiger partial charge on any atom is -0.457 e. The van der Waals surface area contributed by atoms with Crippen LogP contribution in [-0.4, -0.2) is 37.5 Å². The summed E-state index contributed by atoms with van der Waals surface area (Å²) in [6, 6.07) is 14.4. The molecule has 1 aromatic carbocycles. The molecule has 3 aromatic heterocycles. The highest BCUT2D eigenvalue weighted by molar-refractivity contribution is 7.13. The number of ether oxygens (including phenoxy) is 1. The maximum absolute atomic E-state index is 12.8. The fourth-order valence-electron chi connectivity index (χ4n) is 3.38. The van der Waals surface area contributed by atoms with Crippen LogP contribution >= 0.6 is 11.3 Å². The number of esters is 1. The van der Waals surface area contributed by atoms with Crippen molar-refractivity contribution < 1.29 is 14.3 Å². The van der Waals surface area contributed by atoms with Crippen LogP contribution in [0.25, 0.3) is 10.7 Å². The van der Waals surface area contributed by atoms with Crippen molar-refractivity contribution in [3.8, 4) is 10.7 Å². The lowest BCUT2D eigenvalue weighted by Gasteiger charge is -2.14. The Morgan fingerprint density at radius 3 is 2.54 bits per heavy atom. The van der Waals surface area contributed by atoms with Crippen molar-refractivity contribution in [2.45, 2.75) is 13.0 Å². The predicted octanol–water partition coefficient (Wildman–Crippen LogP) is 1.66. The number of carbonyl (C=O) groups is 2. The topological polar surface area (TPSA) is 139 Å². The summed E-state index contributed by atoms with van der Waals surface area (Å²) < 4.78 is 7.03. The van der Waals surface area contributed by atoms with E-state index in [9.17, 15) is 19.2 Å². The zero-order chi connectivity index (χ0) is 24.9. The first-order valence-corrected chi connectivity index (χ1v) is 11.4. The lowest BCUT2D eigenvalue weighted by Crippen LogP contribution is -2.43. The van der Waals surface area contributed by atoms with Gasteiger partial charge in [0.1, 0.15) is 16.4 Å². The molecule has 11 heteroatoms. The number of thiazole rings is 1. The molecule has 0 aliphatic carbocycles. The van der Waals surface area contributed by atoms with Crippen molar-refractivity contribution in [2.75, 3.05) is 12.3 Å². The Labute approximate surface area is 203 Å². The summed E-state index contributed by atoms with van der Waals surface area (Å²) in [5, 5.41) is 2.36. The molecule has 0 unspecified atom stereocenters. The zero-order valence-electron chi connectivity index (χ0n) is 18.7. The van der Waals surface area contributed by atoms with Crippen LogP contribution in [0, 0.1) is 0 Å². The molecule has 0 bridgehead atoms. The molecule has 0 atom stereocenters. The number of hydrogen-bond donors (Lipinski definition) is 1. The van der Waals surface area contributed by atoms with Crippen LogP contribution in [-0.2, 0) is 29.5 Å². The van der Waals surface area contributed by atoms with E-state index in [1.165, 1.54) is 18.4 Å². The summed E-state index contributed by atoms with van der Waals surface area (Å²) >= 11 is 1.33.